The van der Waals surface area contributed by atoms with Crippen LogP contribution in [0.1, 0.15) is 31.4 Å². The van der Waals surface area contributed by atoms with E-state index in [1.54, 1.807) is 13.8 Å². The molecule has 0 aliphatic heterocycles. The van der Waals surface area contributed by atoms with Crippen molar-refractivity contribution >= 4 is 17.6 Å². The van der Waals surface area contributed by atoms with Gasteiger partial charge in [0.05, 0.1) is 12.0 Å². The third-order valence-electron chi connectivity index (χ3n) is 2.98. The van der Waals surface area contributed by atoms with E-state index in [0.717, 1.165) is 21.9 Å². The lowest BCUT2D eigenvalue weighted by Crippen LogP contribution is -2.25. The molecule has 0 spiro atoms. The van der Waals surface area contributed by atoms with Gasteiger partial charge in [-0.15, -0.1) is 0 Å². The van der Waals surface area contributed by atoms with E-state index in [1.165, 1.54) is 0 Å². The predicted octanol–water partition coefficient (Wildman–Crippen LogP) is 3.84. The number of carboxylic acid groups (broad SMARTS) is 1. The number of hydrogen-bond donors (Lipinski definition) is 1. The highest BCUT2D eigenvalue weighted by Gasteiger charge is 2.26. The summed E-state index contributed by atoms with van der Waals surface area (Å²) in [5, 5.41) is 9.73. The third-order valence-corrected chi connectivity index (χ3v) is 3.58. The second kappa shape index (κ2) is 5.61. The molecule has 1 rings (SSSR count). The highest BCUT2D eigenvalue weighted by atomic mass is 35.5. The van der Waals surface area contributed by atoms with E-state index in [4.69, 9.17) is 21.4 Å². The molecule has 0 bridgehead atoms. The number of ether oxygens (including phenoxy) is 1. The van der Waals surface area contributed by atoms with Gasteiger partial charge in [0.15, 0.2) is 0 Å². The van der Waals surface area contributed by atoms with Gasteiger partial charge >= 0.3 is 5.97 Å². The summed E-state index contributed by atoms with van der Waals surface area (Å²) in [5.74, 6) is -0.0786. The highest BCUT2D eigenvalue weighted by Crippen LogP contribution is 2.27. The van der Waals surface area contributed by atoms with E-state index in [-0.39, 0.29) is 0 Å². The van der Waals surface area contributed by atoms with Crippen LogP contribution in [0.2, 0.25) is 5.02 Å². The van der Waals surface area contributed by atoms with Crippen LogP contribution in [0.5, 0.6) is 5.75 Å². The number of carboxylic acids is 1. The van der Waals surface area contributed by atoms with Crippen LogP contribution >= 0.6 is 11.6 Å². The number of hydrogen-bond acceptors (Lipinski definition) is 2. The number of aliphatic carboxylic acids is 1. The minimum absolute atomic E-state index is 0.375. The fourth-order valence-corrected chi connectivity index (χ4v) is 1.63. The van der Waals surface area contributed by atoms with Crippen LogP contribution in [0.4, 0.5) is 0 Å². The summed E-state index contributed by atoms with van der Waals surface area (Å²) in [6.45, 7) is 7.60. The molecule has 0 saturated heterocycles. The molecule has 0 saturated carbocycles. The molecule has 0 aliphatic rings. The van der Waals surface area contributed by atoms with E-state index < -0.39 is 11.4 Å². The van der Waals surface area contributed by atoms with E-state index in [0.29, 0.717) is 13.0 Å². The van der Waals surface area contributed by atoms with Crippen LogP contribution < -0.4 is 4.74 Å². The van der Waals surface area contributed by atoms with Gasteiger partial charge in [0.25, 0.3) is 0 Å². The number of halogens is 1. The summed E-state index contributed by atoms with van der Waals surface area (Å²) in [6.07, 6.45) is 0.461. The molecule has 1 aromatic rings. The molecule has 0 aromatic heterocycles. The summed E-state index contributed by atoms with van der Waals surface area (Å²) in [7, 11) is 0. The summed E-state index contributed by atoms with van der Waals surface area (Å²) in [6, 6.07) is 3.73. The van der Waals surface area contributed by atoms with Crippen LogP contribution in [-0.4, -0.2) is 17.7 Å². The molecule has 3 nitrogen and oxygen atoms in total. The van der Waals surface area contributed by atoms with E-state index in [2.05, 4.69) is 0 Å². The molecular formula is C14H19ClO3. The smallest absolute Gasteiger partial charge is 0.309 e. The first-order valence-corrected chi connectivity index (χ1v) is 6.25. The zero-order chi connectivity index (χ0) is 13.9. The van der Waals surface area contributed by atoms with Crippen molar-refractivity contribution in [1.29, 1.82) is 0 Å². The normalized spacial score (nSPS) is 11.4. The topological polar surface area (TPSA) is 46.5 Å². The third kappa shape index (κ3) is 3.64. The number of aryl methyl sites for hydroxylation is 2. The van der Waals surface area contributed by atoms with Crippen molar-refractivity contribution in [2.45, 2.75) is 34.1 Å². The second-order valence-electron chi connectivity index (χ2n) is 5.16. The molecular weight excluding hydrogens is 252 g/mol. The quantitative estimate of drug-likeness (QED) is 0.884. The molecule has 100 valence electrons. The number of carbonyl (C=O) groups is 1. The molecule has 0 unspecified atom stereocenters. The van der Waals surface area contributed by atoms with Gasteiger partial charge in [-0.3, -0.25) is 4.79 Å². The first-order chi connectivity index (χ1) is 8.24. The van der Waals surface area contributed by atoms with Crippen molar-refractivity contribution in [3.63, 3.8) is 0 Å². The van der Waals surface area contributed by atoms with Gasteiger partial charge < -0.3 is 9.84 Å². The molecule has 1 N–H and O–H groups in total. The van der Waals surface area contributed by atoms with Gasteiger partial charge in [0.2, 0.25) is 0 Å². The Hall–Kier alpha value is -1.22. The van der Waals surface area contributed by atoms with Crippen molar-refractivity contribution in [3.8, 4) is 5.75 Å². The van der Waals surface area contributed by atoms with Crippen molar-refractivity contribution in [2.24, 2.45) is 5.41 Å². The second-order valence-corrected chi connectivity index (χ2v) is 5.54. The summed E-state index contributed by atoms with van der Waals surface area (Å²) < 4.78 is 5.59. The summed E-state index contributed by atoms with van der Waals surface area (Å²) in [5.41, 5.74) is 1.16. The van der Waals surface area contributed by atoms with Crippen molar-refractivity contribution in [2.75, 3.05) is 6.61 Å². The fourth-order valence-electron chi connectivity index (χ4n) is 1.52. The van der Waals surface area contributed by atoms with Gasteiger partial charge in [0.1, 0.15) is 5.75 Å². The monoisotopic (exact) mass is 270 g/mol. The molecule has 0 atom stereocenters. The lowest BCUT2D eigenvalue weighted by molar-refractivity contribution is -0.147. The van der Waals surface area contributed by atoms with Gasteiger partial charge in [-0.25, -0.2) is 0 Å². The van der Waals surface area contributed by atoms with Crippen molar-refractivity contribution < 1.29 is 14.6 Å². The lowest BCUT2D eigenvalue weighted by atomic mass is 9.90. The van der Waals surface area contributed by atoms with Crippen molar-refractivity contribution in [3.05, 3.63) is 28.3 Å². The Kier molecular flexibility index (Phi) is 4.63. The van der Waals surface area contributed by atoms with Crippen molar-refractivity contribution in [1.82, 2.24) is 0 Å². The maximum absolute atomic E-state index is 10.9. The summed E-state index contributed by atoms with van der Waals surface area (Å²) in [4.78, 5) is 10.9. The zero-order valence-electron chi connectivity index (χ0n) is 11.2. The first kappa shape index (κ1) is 14.8. The van der Waals surface area contributed by atoms with Crippen LogP contribution in [0, 0.1) is 19.3 Å². The fraction of sp³-hybridized carbons (Fsp3) is 0.500. The van der Waals surface area contributed by atoms with Crippen LogP contribution in [0.25, 0.3) is 0 Å². The minimum atomic E-state index is -0.811. The number of rotatable bonds is 5. The molecule has 0 heterocycles. The Morgan fingerprint density at radius 3 is 2.28 bits per heavy atom. The highest BCUT2D eigenvalue weighted by molar-refractivity contribution is 6.32. The Morgan fingerprint density at radius 1 is 1.33 bits per heavy atom. The molecule has 0 fully saturated rings. The molecule has 18 heavy (non-hydrogen) atoms. The largest absolute Gasteiger partial charge is 0.494 e. The maximum atomic E-state index is 10.9. The molecule has 0 radical (unpaired) electrons. The molecule has 0 amide bonds. The SMILES string of the molecule is Cc1cc(OCCC(C)(C)C(=O)O)cc(C)c1Cl. The standard InChI is InChI=1S/C14H19ClO3/c1-9-7-11(8-10(2)12(9)15)18-6-5-14(3,4)13(16)17/h7-8H,5-6H2,1-4H3,(H,16,17). The van der Waals surface area contributed by atoms with E-state index in [9.17, 15) is 4.79 Å². The Labute approximate surface area is 113 Å². The minimum Gasteiger partial charge on any atom is -0.494 e. The molecule has 1 aromatic carbocycles. The van der Waals surface area contributed by atoms with Gasteiger partial charge in [-0.2, -0.15) is 0 Å². The van der Waals surface area contributed by atoms with E-state index >= 15 is 0 Å². The predicted molar refractivity (Wildman–Crippen MR) is 72.5 cm³/mol. The van der Waals surface area contributed by atoms with Crippen LogP contribution in [0.3, 0.4) is 0 Å². The maximum Gasteiger partial charge on any atom is 0.309 e. The lowest BCUT2D eigenvalue weighted by Gasteiger charge is -2.19. The Balaban J connectivity index is 2.63. The molecule has 4 heteroatoms. The average molecular weight is 271 g/mol. The van der Waals surface area contributed by atoms with Gasteiger partial charge in [-0.05, 0) is 57.4 Å². The van der Waals surface area contributed by atoms with Crippen LogP contribution in [-0.2, 0) is 4.79 Å². The molecule has 0 aliphatic carbocycles. The van der Waals surface area contributed by atoms with Gasteiger partial charge in [0, 0.05) is 5.02 Å². The number of benzene rings is 1. The Morgan fingerprint density at radius 2 is 1.83 bits per heavy atom. The first-order valence-electron chi connectivity index (χ1n) is 5.87. The van der Waals surface area contributed by atoms with Gasteiger partial charge in [-0.1, -0.05) is 11.6 Å². The summed E-state index contributed by atoms with van der Waals surface area (Å²) >= 11 is 6.06. The zero-order valence-corrected chi connectivity index (χ0v) is 12.0. The van der Waals surface area contributed by atoms with E-state index in [1.807, 2.05) is 26.0 Å². The average Bonchev–Trinajstić information content (AvgIpc) is 2.25. The van der Waals surface area contributed by atoms with Crippen LogP contribution in [0.15, 0.2) is 12.1 Å². The Bertz CT molecular complexity index is 429.